The Labute approximate surface area is 310 Å². The maximum atomic E-state index is 12.7. The van der Waals surface area contributed by atoms with Crippen molar-refractivity contribution in [2.45, 2.75) is 55.8 Å². The van der Waals surface area contributed by atoms with Gasteiger partial charge < -0.3 is 5.21 Å². The van der Waals surface area contributed by atoms with E-state index in [9.17, 15) is 10.0 Å². The third-order valence-electron chi connectivity index (χ3n) is 11.3. The molecule has 4 heterocycles. The monoisotopic (exact) mass is 721 g/mol. The number of carbonyl (C=O) groups is 1. The second-order valence-electron chi connectivity index (χ2n) is 14.3. The lowest BCUT2D eigenvalue weighted by Crippen LogP contribution is -2.30. The van der Waals surface area contributed by atoms with E-state index in [1.54, 1.807) is 22.7 Å². The molecule has 4 aliphatic carbocycles. The number of allylic oxidation sites excluding steroid dienone is 2. The number of carbonyl (C=O) groups excluding carboxylic acids is 1. The Balaban J connectivity index is 0.000000138. The molecule has 0 radical (unpaired) electrons. The number of hydrogen-bond acceptors (Lipinski definition) is 7. The Morgan fingerprint density at radius 1 is 0.673 bits per heavy atom. The lowest BCUT2D eigenvalue weighted by molar-refractivity contribution is 0.0849. The summed E-state index contributed by atoms with van der Waals surface area (Å²) in [7, 11) is 0. The Kier molecular flexibility index (Phi) is 8.48. The molecular weight excluding hydrogens is 683 g/mol. The van der Waals surface area contributed by atoms with Crippen LogP contribution in [0.4, 0.5) is 0 Å². The minimum Gasteiger partial charge on any atom is -0.411 e. The molecule has 0 spiro atoms. The zero-order valence-electron chi connectivity index (χ0n) is 28.7. The highest BCUT2D eigenvalue weighted by Gasteiger charge is 2.41. The highest BCUT2D eigenvalue weighted by Crippen LogP contribution is 2.46. The van der Waals surface area contributed by atoms with Crippen LogP contribution >= 0.6 is 22.7 Å². The van der Waals surface area contributed by atoms with Gasteiger partial charge in [0.1, 0.15) is 17.1 Å². The van der Waals surface area contributed by atoms with Crippen LogP contribution in [0.1, 0.15) is 91.7 Å². The molecule has 2 atom stereocenters. The summed E-state index contributed by atoms with van der Waals surface area (Å²) in [6, 6.07) is 29.8. The topological polar surface area (TPSA) is 107 Å². The van der Waals surface area contributed by atoms with E-state index in [2.05, 4.69) is 146 Å². The van der Waals surface area contributed by atoms with Crippen molar-refractivity contribution in [2.75, 3.05) is 0 Å². The van der Waals surface area contributed by atoms with Gasteiger partial charge in [-0.15, -0.1) is 22.7 Å². The van der Waals surface area contributed by atoms with Crippen molar-refractivity contribution in [3.8, 4) is 0 Å². The molecule has 0 amide bonds. The zero-order valence-corrected chi connectivity index (χ0v) is 30.3. The number of fused-ring (bicyclic) bond motifs is 2. The molecule has 0 aliphatic heterocycles. The molecule has 2 aromatic carbocycles. The number of hydrogen-bond donors (Lipinski definition) is 3. The number of ketones is 1. The number of aromatic nitrogens is 4. The van der Waals surface area contributed by atoms with Crippen LogP contribution in [0.5, 0.6) is 0 Å². The van der Waals surface area contributed by atoms with E-state index in [1.165, 1.54) is 20.9 Å². The minimum atomic E-state index is -0.203. The summed E-state index contributed by atoms with van der Waals surface area (Å²) in [4.78, 5) is 15.3. The normalized spacial score (nSPS) is 22.2. The van der Waals surface area contributed by atoms with Crippen LogP contribution in [0.3, 0.4) is 0 Å². The van der Waals surface area contributed by atoms with Gasteiger partial charge in [-0.1, -0.05) is 109 Å². The first-order valence-corrected chi connectivity index (χ1v) is 19.8. The van der Waals surface area contributed by atoms with Crippen molar-refractivity contribution in [1.29, 1.82) is 0 Å². The number of nitrogens with zero attached hydrogens (tertiary/aromatic N) is 3. The number of benzene rings is 2. The molecule has 4 aromatic heterocycles. The first-order chi connectivity index (χ1) is 25.6. The summed E-state index contributed by atoms with van der Waals surface area (Å²) in [5.41, 5.74) is 8.52. The number of nitrogens with one attached hydrogen (secondary N) is 2. The number of H-pyrrole nitrogens is 2. The number of Topliss-reactive ketones (excluding diaryl/α,β-unsaturated/α-hetero) is 1. The van der Waals surface area contributed by atoms with E-state index in [0.717, 1.165) is 78.9 Å². The van der Waals surface area contributed by atoms with E-state index >= 15 is 0 Å². The molecule has 3 N–H and O–H groups in total. The lowest BCUT2D eigenvalue weighted by atomic mass is 9.71. The van der Waals surface area contributed by atoms with Crippen molar-refractivity contribution >= 4 is 46.3 Å². The molecule has 6 aromatic rings. The molecule has 52 heavy (non-hydrogen) atoms. The fourth-order valence-electron chi connectivity index (χ4n) is 8.01. The van der Waals surface area contributed by atoms with E-state index in [4.69, 9.17) is 0 Å². The average molecular weight is 722 g/mol. The predicted octanol–water partition coefficient (Wildman–Crippen LogP) is 9.62. The summed E-state index contributed by atoms with van der Waals surface area (Å²) in [5, 5.41) is 32.6. The summed E-state index contributed by atoms with van der Waals surface area (Å²) in [6.07, 6.45) is 15.8. The molecule has 0 saturated heterocycles. The lowest BCUT2D eigenvalue weighted by Gasteiger charge is -2.33. The fourth-order valence-corrected chi connectivity index (χ4v) is 9.87. The molecule has 4 aliphatic rings. The second-order valence-corrected chi connectivity index (χ2v) is 16.2. The van der Waals surface area contributed by atoms with Gasteiger partial charge in [0, 0.05) is 56.9 Å². The highest BCUT2D eigenvalue weighted by molar-refractivity contribution is 7.10. The molecule has 260 valence electrons. The van der Waals surface area contributed by atoms with E-state index in [-0.39, 0.29) is 22.5 Å². The SMILES string of the molecule is O=C(c1n[nH]c2c1C=CC(c1ccccc1)(c1cccs1)C2)C1CCC1.ON=C(c1n[nH]c2c1C=CC(c1ccccc1)(c1cccs1)C2)C1CC1. The summed E-state index contributed by atoms with van der Waals surface area (Å²) in [6.45, 7) is 0. The number of rotatable bonds is 8. The van der Waals surface area contributed by atoms with Gasteiger partial charge in [-0.2, -0.15) is 10.2 Å². The zero-order chi connectivity index (χ0) is 35.1. The second kappa shape index (κ2) is 13.5. The molecule has 9 heteroatoms. The van der Waals surface area contributed by atoms with Crippen molar-refractivity contribution in [2.24, 2.45) is 17.0 Å². The molecular formula is C43H39N5O2S2. The largest absolute Gasteiger partial charge is 0.411 e. The summed E-state index contributed by atoms with van der Waals surface area (Å²) >= 11 is 3.56. The van der Waals surface area contributed by atoms with E-state index < -0.39 is 0 Å². The smallest absolute Gasteiger partial charge is 0.186 e. The van der Waals surface area contributed by atoms with Gasteiger partial charge in [0.25, 0.3) is 0 Å². The van der Waals surface area contributed by atoms with Crippen molar-refractivity contribution < 1.29 is 10.0 Å². The average Bonchev–Trinajstić information content (AvgIpc) is 3.65. The number of oxime groups is 1. The van der Waals surface area contributed by atoms with Crippen LogP contribution in [0.15, 0.2) is 113 Å². The number of thiophene rings is 2. The van der Waals surface area contributed by atoms with Gasteiger partial charge in [0.05, 0.1) is 10.8 Å². The van der Waals surface area contributed by atoms with Crippen LogP contribution in [0, 0.1) is 11.8 Å². The molecule has 2 unspecified atom stereocenters. The molecule has 2 saturated carbocycles. The van der Waals surface area contributed by atoms with Crippen molar-refractivity contribution in [3.05, 3.63) is 163 Å². The van der Waals surface area contributed by atoms with Crippen LogP contribution in [0.2, 0.25) is 0 Å². The quantitative estimate of drug-likeness (QED) is 0.0630. The third kappa shape index (κ3) is 5.63. The van der Waals surface area contributed by atoms with E-state index in [0.29, 0.717) is 11.6 Å². The van der Waals surface area contributed by atoms with Gasteiger partial charge in [-0.3, -0.25) is 15.0 Å². The van der Waals surface area contributed by atoms with Crippen LogP contribution < -0.4 is 0 Å². The molecule has 2 fully saturated rings. The molecule has 0 bridgehead atoms. The first-order valence-electron chi connectivity index (χ1n) is 18.1. The third-order valence-corrected chi connectivity index (χ3v) is 13.4. The Morgan fingerprint density at radius 3 is 1.63 bits per heavy atom. The van der Waals surface area contributed by atoms with E-state index in [1.807, 2.05) is 0 Å². The van der Waals surface area contributed by atoms with Crippen LogP contribution in [0.25, 0.3) is 12.2 Å². The van der Waals surface area contributed by atoms with Gasteiger partial charge in [-0.25, -0.2) is 0 Å². The Morgan fingerprint density at radius 2 is 1.19 bits per heavy atom. The first kappa shape index (κ1) is 32.8. The van der Waals surface area contributed by atoms with Gasteiger partial charge in [0.15, 0.2) is 5.78 Å². The number of aromatic amines is 2. The van der Waals surface area contributed by atoms with Crippen LogP contribution in [-0.4, -0.2) is 37.1 Å². The predicted molar refractivity (Wildman–Crippen MR) is 208 cm³/mol. The van der Waals surface area contributed by atoms with Gasteiger partial charge in [-0.05, 0) is 59.7 Å². The maximum absolute atomic E-state index is 12.7. The Bertz CT molecular complexity index is 2280. The minimum absolute atomic E-state index is 0.175. The van der Waals surface area contributed by atoms with Crippen molar-refractivity contribution in [1.82, 2.24) is 20.4 Å². The van der Waals surface area contributed by atoms with Crippen LogP contribution in [-0.2, 0) is 23.7 Å². The highest BCUT2D eigenvalue weighted by atomic mass is 32.1. The summed E-state index contributed by atoms with van der Waals surface area (Å²) in [5.74, 6) is 0.731. The summed E-state index contributed by atoms with van der Waals surface area (Å²) < 4.78 is 0. The van der Waals surface area contributed by atoms with Crippen molar-refractivity contribution in [3.63, 3.8) is 0 Å². The maximum Gasteiger partial charge on any atom is 0.186 e. The van der Waals surface area contributed by atoms with Gasteiger partial charge in [0.2, 0.25) is 0 Å². The van der Waals surface area contributed by atoms with Gasteiger partial charge >= 0.3 is 0 Å². The fraction of sp³-hybridized carbons (Fsp3) is 0.256. The standard InChI is InChI=1S/C22H20N2OS.C21H19N3OS/c25-21(15-6-4-7-15)20-17-11-12-22(14-18(17)23-24-20,19-10-5-13-26-19)16-8-2-1-3-9-16;25-24-19(14-8-9-14)20-16-10-11-21(13-17(16)22-23-20,18-7-4-12-26-18)15-5-2-1-3-6-15/h1-3,5,8-13,15H,4,6-7,14H2,(H,23,24);1-7,10-12,14,25H,8-9,13H2,(H,22,23). The molecule has 10 rings (SSSR count). The molecule has 7 nitrogen and oxygen atoms in total. The Hall–Kier alpha value is -5.12.